The highest BCUT2D eigenvalue weighted by Crippen LogP contribution is 2.33. The maximum absolute atomic E-state index is 6.38. The molecule has 1 aromatic carbocycles. The van der Waals surface area contributed by atoms with Crippen molar-refractivity contribution in [3.8, 4) is 5.75 Å². The zero-order valence-electron chi connectivity index (χ0n) is 11.7. The zero-order chi connectivity index (χ0) is 13.8. The molecule has 2 N–H and O–H groups in total. The molecule has 0 spiro atoms. The number of fused-ring (bicyclic) bond motifs is 1. The second-order valence-electron chi connectivity index (χ2n) is 5.37. The summed E-state index contributed by atoms with van der Waals surface area (Å²) in [4.78, 5) is 1.45. The molecule has 0 amide bonds. The normalized spacial score (nSPS) is 15.4. The topological polar surface area (TPSA) is 35.2 Å². The van der Waals surface area contributed by atoms with Crippen LogP contribution in [0.15, 0.2) is 35.7 Å². The van der Waals surface area contributed by atoms with Crippen LogP contribution in [0.5, 0.6) is 5.75 Å². The molecule has 1 aliphatic heterocycles. The van der Waals surface area contributed by atoms with Crippen LogP contribution in [0.4, 0.5) is 0 Å². The molecule has 2 nitrogen and oxygen atoms in total. The fraction of sp³-hybridized carbons (Fsp3) is 0.412. The summed E-state index contributed by atoms with van der Waals surface area (Å²) in [6.45, 7) is 0.825. The quantitative estimate of drug-likeness (QED) is 0.898. The molecule has 0 saturated carbocycles. The lowest BCUT2D eigenvalue weighted by molar-refractivity contribution is 0.283. The SMILES string of the molecule is NC(CCCc1cccs1)c1cccc2c1OCCC2. The highest BCUT2D eigenvalue weighted by atomic mass is 32.1. The zero-order valence-corrected chi connectivity index (χ0v) is 12.5. The van der Waals surface area contributed by atoms with Gasteiger partial charge in [0, 0.05) is 16.5 Å². The first-order valence-corrected chi connectivity index (χ1v) is 8.25. The van der Waals surface area contributed by atoms with Crippen LogP contribution in [-0.4, -0.2) is 6.61 Å². The van der Waals surface area contributed by atoms with E-state index in [0.717, 1.165) is 44.5 Å². The molecule has 0 fully saturated rings. The Labute approximate surface area is 124 Å². The Hall–Kier alpha value is -1.32. The molecule has 1 aliphatic rings. The first-order chi connectivity index (χ1) is 9.84. The van der Waals surface area contributed by atoms with Crippen molar-refractivity contribution < 1.29 is 4.74 Å². The van der Waals surface area contributed by atoms with Crippen molar-refractivity contribution in [2.45, 2.75) is 38.1 Å². The molecule has 1 aromatic heterocycles. The van der Waals surface area contributed by atoms with Crippen LogP contribution in [-0.2, 0) is 12.8 Å². The van der Waals surface area contributed by atoms with Crippen LogP contribution in [0.1, 0.15) is 41.3 Å². The van der Waals surface area contributed by atoms with Gasteiger partial charge >= 0.3 is 0 Å². The van der Waals surface area contributed by atoms with E-state index in [-0.39, 0.29) is 6.04 Å². The Morgan fingerprint density at radius 1 is 1.25 bits per heavy atom. The predicted molar refractivity (Wildman–Crippen MR) is 84.4 cm³/mol. The van der Waals surface area contributed by atoms with Crippen LogP contribution >= 0.6 is 11.3 Å². The van der Waals surface area contributed by atoms with Gasteiger partial charge in [0.25, 0.3) is 0 Å². The number of ether oxygens (including phenoxy) is 1. The van der Waals surface area contributed by atoms with Crippen molar-refractivity contribution in [2.24, 2.45) is 5.73 Å². The molecule has 0 saturated heterocycles. The average Bonchev–Trinajstić information content (AvgIpc) is 3.00. The number of aryl methyl sites for hydroxylation is 2. The number of benzene rings is 1. The summed E-state index contributed by atoms with van der Waals surface area (Å²) < 4.78 is 5.85. The molecule has 106 valence electrons. The van der Waals surface area contributed by atoms with Crippen molar-refractivity contribution in [1.29, 1.82) is 0 Å². The Morgan fingerprint density at radius 3 is 3.05 bits per heavy atom. The Balaban J connectivity index is 1.63. The number of nitrogens with two attached hydrogens (primary N) is 1. The van der Waals surface area contributed by atoms with Gasteiger partial charge in [0.1, 0.15) is 5.75 Å². The smallest absolute Gasteiger partial charge is 0.127 e. The first kappa shape index (κ1) is 13.7. The van der Waals surface area contributed by atoms with Gasteiger partial charge in [-0.2, -0.15) is 0 Å². The second-order valence-corrected chi connectivity index (χ2v) is 6.40. The van der Waals surface area contributed by atoms with E-state index < -0.39 is 0 Å². The third kappa shape index (κ3) is 3.05. The van der Waals surface area contributed by atoms with E-state index in [1.165, 1.54) is 16.0 Å². The summed E-state index contributed by atoms with van der Waals surface area (Å²) in [5.74, 6) is 1.06. The van der Waals surface area contributed by atoms with E-state index in [9.17, 15) is 0 Å². The van der Waals surface area contributed by atoms with Crippen LogP contribution in [0.2, 0.25) is 0 Å². The molecule has 3 heteroatoms. The molecule has 0 radical (unpaired) electrons. The van der Waals surface area contributed by atoms with Gasteiger partial charge in [-0.15, -0.1) is 11.3 Å². The Morgan fingerprint density at radius 2 is 2.20 bits per heavy atom. The van der Waals surface area contributed by atoms with Gasteiger partial charge in [0.2, 0.25) is 0 Å². The number of rotatable bonds is 5. The number of hydrogen-bond acceptors (Lipinski definition) is 3. The lowest BCUT2D eigenvalue weighted by atomic mass is 9.95. The van der Waals surface area contributed by atoms with Gasteiger partial charge in [-0.25, -0.2) is 0 Å². The molecule has 0 aliphatic carbocycles. The molecular weight excluding hydrogens is 266 g/mol. The molecule has 3 rings (SSSR count). The average molecular weight is 287 g/mol. The first-order valence-electron chi connectivity index (χ1n) is 7.37. The summed E-state index contributed by atoms with van der Waals surface area (Å²) in [6, 6.07) is 10.8. The van der Waals surface area contributed by atoms with Crippen molar-refractivity contribution in [3.05, 3.63) is 51.7 Å². The minimum Gasteiger partial charge on any atom is -0.493 e. The molecular formula is C17H21NOS. The van der Waals surface area contributed by atoms with Gasteiger partial charge in [-0.05, 0) is 49.1 Å². The van der Waals surface area contributed by atoms with E-state index in [2.05, 4.69) is 35.7 Å². The number of thiophene rings is 1. The van der Waals surface area contributed by atoms with Gasteiger partial charge < -0.3 is 10.5 Å². The second kappa shape index (κ2) is 6.42. The molecule has 2 heterocycles. The molecule has 1 atom stereocenters. The lowest BCUT2D eigenvalue weighted by Gasteiger charge is -2.23. The number of para-hydroxylation sites is 1. The maximum Gasteiger partial charge on any atom is 0.127 e. The molecule has 20 heavy (non-hydrogen) atoms. The van der Waals surface area contributed by atoms with Gasteiger partial charge in [0.15, 0.2) is 0 Å². The summed E-state index contributed by atoms with van der Waals surface area (Å²) in [6.07, 6.45) is 5.50. The van der Waals surface area contributed by atoms with E-state index in [1.807, 2.05) is 11.3 Å². The summed E-state index contributed by atoms with van der Waals surface area (Å²) in [7, 11) is 0. The molecule has 0 bridgehead atoms. The minimum absolute atomic E-state index is 0.0861. The third-order valence-electron chi connectivity index (χ3n) is 3.88. The Kier molecular flexibility index (Phi) is 4.38. The van der Waals surface area contributed by atoms with Crippen molar-refractivity contribution in [1.82, 2.24) is 0 Å². The largest absolute Gasteiger partial charge is 0.493 e. The third-order valence-corrected chi connectivity index (χ3v) is 4.82. The standard InChI is InChI=1S/C17H21NOS/c18-16(10-2-7-14-8-4-12-20-14)15-9-1-5-13-6-3-11-19-17(13)15/h1,4-5,8-9,12,16H,2-3,6-7,10-11,18H2. The van der Waals surface area contributed by atoms with E-state index >= 15 is 0 Å². The molecule has 2 aromatic rings. The maximum atomic E-state index is 6.38. The van der Waals surface area contributed by atoms with Crippen molar-refractivity contribution in [2.75, 3.05) is 6.61 Å². The highest BCUT2D eigenvalue weighted by Gasteiger charge is 2.18. The number of hydrogen-bond donors (Lipinski definition) is 1. The Bertz CT molecular complexity index is 550. The van der Waals surface area contributed by atoms with Crippen molar-refractivity contribution >= 4 is 11.3 Å². The van der Waals surface area contributed by atoms with Crippen LogP contribution in [0.25, 0.3) is 0 Å². The van der Waals surface area contributed by atoms with Crippen LogP contribution in [0, 0.1) is 0 Å². The fourth-order valence-electron chi connectivity index (χ4n) is 2.81. The summed E-state index contributed by atoms with van der Waals surface area (Å²) in [5, 5.41) is 2.14. The van der Waals surface area contributed by atoms with Gasteiger partial charge in [-0.1, -0.05) is 24.3 Å². The summed E-state index contributed by atoms with van der Waals surface area (Å²) >= 11 is 1.83. The summed E-state index contributed by atoms with van der Waals surface area (Å²) in [5.41, 5.74) is 8.89. The van der Waals surface area contributed by atoms with Gasteiger partial charge in [0.05, 0.1) is 6.61 Å². The van der Waals surface area contributed by atoms with E-state index in [4.69, 9.17) is 10.5 Å². The van der Waals surface area contributed by atoms with Crippen molar-refractivity contribution in [3.63, 3.8) is 0 Å². The lowest BCUT2D eigenvalue weighted by Crippen LogP contribution is -2.16. The van der Waals surface area contributed by atoms with Crippen LogP contribution in [0.3, 0.4) is 0 Å². The fourth-order valence-corrected chi connectivity index (χ4v) is 3.56. The van der Waals surface area contributed by atoms with E-state index in [1.54, 1.807) is 0 Å². The van der Waals surface area contributed by atoms with Gasteiger partial charge in [-0.3, -0.25) is 0 Å². The van der Waals surface area contributed by atoms with E-state index in [0.29, 0.717) is 0 Å². The van der Waals surface area contributed by atoms with Crippen LogP contribution < -0.4 is 10.5 Å². The molecule has 1 unspecified atom stereocenters. The minimum atomic E-state index is 0.0861. The highest BCUT2D eigenvalue weighted by molar-refractivity contribution is 7.09. The predicted octanol–water partition coefficient (Wildman–Crippen LogP) is 4.10. The monoisotopic (exact) mass is 287 g/mol.